The Labute approximate surface area is 75.0 Å². The van der Waals surface area contributed by atoms with E-state index >= 15 is 0 Å². The number of hydrogen-bond donors (Lipinski definition) is 0. The summed E-state index contributed by atoms with van der Waals surface area (Å²) in [7, 11) is 0. The van der Waals surface area contributed by atoms with E-state index in [4.69, 9.17) is 27.2 Å². The molecule has 1 fully saturated rings. The van der Waals surface area contributed by atoms with Crippen LogP contribution in [0.1, 0.15) is 12.8 Å². The quantitative estimate of drug-likeness (QED) is 0.684. The molecule has 0 aliphatic carbocycles. The first kappa shape index (κ1) is 9.82. The highest BCUT2D eigenvalue weighted by molar-refractivity contribution is 8.05. The highest BCUT2D eigenvalue weighted by atomic mass is 35.9. The van der Waals surface area contributed by atoms with Crippen LogP contribution in [0, 0.1) is 0 Å². The fourth-order valence-corrected chi connectivity index (χ4v) is 1.62. The highest BCUT2D eigenvalue weighted by Crippen LogP contribution is 2.57. The molecule has 0 amide bonds. The molecule has 6 heteroatoms. The van der Waals surface area contributed by atoms with Crippen molar-refractivity contribution in [2.45, 2.75) is 18.9 Å². The van der Waals surface area contributed by atoms with Crippen molar-refractivity contribution in [3.8, 4) is 0 Å². The maximum absolute atomic E-state index is 10.6. The first-order valence-corrected chi connectivity index (χ1v) is 6.77. The molecule has 1 aliphatic heterocycles. The maximum Gasteiger partial charge on any atom is 0.380 e. The van der Waals surface area contributed by atoms with Crippen LogP contribution in [0.5, 0.6) is 0 Å². The van der Waals surface area contributed by atoms with Crippen molar-refractivity contribution < 1.29 is 13.8 Å². The van der Waals surface area contributed by atoms with E-state index in [9.17, 15) is 4.57 Å². The predicted molar refractivity (Wildman–Crippen MR) is 44.2 cm³/mol. The van der Waals surface area contributed by atoms with E-state index in [1.54, 1.807) is 0 Å². The molecule has 1 atom stereocenters. The van der Waals surface area contributed by atoms with Gasteiger partial charge in [-0.25, -0.2) is 0 Å². The monoisotopic (exact) mass is 218 g/mol. The summed E-state index contributed by atoms with van der Waals surface area (Å²) in [6, 6.07) is 0. The van der Waals surface area contributed by atoms with E-state index < -0.39 is 6.07 Å². The Morgan fingerprint density at radius 2 is 2.36 bits per heavy atom. The highest BCUT2D eigenvalue weighted by Gasteiger charge is 2.21. The van der Waals surface area contributed by atoms with Crippen molar-refractivity contribution in [1.29, 1.82) is 0 Å². The first-order valence-electron chi connectivity index (χ1n) is 3.33. The summed E-state index contributed by atoms with van der Waals surface area (Å²) in [6.45, 7) is 0.965. The van der Waals surface area contributed by atoms with E-state index in [1.807, 2.05) is 0 Å². The van der Waals surface area contributed by atoms with Gasteiger partial charge in [-0.15, -0.1) is 0 Å². The number of ether oxygens (including phenoxy) is 1. The van der Waals surface area contributed by atoms with Gasteiger partial charge in [-0.05, 0) is 35.3 Å². The molecule has 0 bridgehead atoms. The van der Waals surface area contributed by atoms with Crippen LogP contribution >= 0.6 is 28.6 Å². The molecular formula is C5H9Cl2O3P. The van der Waals surface area contributed by atoms with E-state index in [-0.39, 0.29) is 12.7 Å². The van der Waals surface area contributed by atoms with E-state index in [0.29, 0.717) is 0 Å². The van der Waals surface area contributed by atoms with E-state index in [2.05, 4.69) is 4.52 Å². The van der Waals surface area contributed by atoms with Gasteiger partial charge in [0, 0.05) is 6.61 Å². The summed E-state index contributed by atoms with van der Waals surface area (Å²) in [5.41, 5.74) is 0. The minimum Gasteiger partial charge on any atom is -0.376 e. The minimum absolute atomic E-state index is 0.0147. The third kappa shape index (κ3) is 4.34. The van der Waals surface area contributed by atoms with Gasteiger partial charge in [0.25, 0.3) is 0 Å². The summed E-state index contributed by atoms with van der Waals surface area (Å²) >= 11 is 10.3. The minimum atomic E-state index is -3.35. The maximum atomic E-state index is 10.6. The Kier molecular flexibility index (Phi) is 3.66. The van der Waals surface area contributed by atoms with Gasteiger partial charge in [-0.3, -0.25) is 4.57 Å². The smallest absolute Gasteiger partial charge is 0.376 e. The molecule has 1 heterocycles. The number of halogens is 2. The molecule has 1 saturated heterocycles. The third-order valence-corrected chi connectivity index (χ3v) is 2.47. The Morgan fingerprint density at radius 3 is 2.82 bits per heavy atom. The zero-order chi connectivity index (χ0) is 8.32. The van der Waals surface area contributed by atoms with Gasteiger partial charge >= 0.3 is 6.07 Å². The average molecular weight is 219 g/mol. The third-order valence-electron chi connectivity index (χ3n) is 1.43. The zero-order valence-electron chi connectivity index (χ0n) is 5.83. The molecule has 0 spiro atoms. The van der Waals surface area contributed by atoms with Crippen molar-refractivity contribution in [3.05, 3.63) is 0 Å². The summed E-state index contributed by atoms with van der Waals surface area (Å²) in [6.07, 6.45) is -1.40. The normalized spacial score (nSPS) is 25.8. The lowest BCUT2D eigenvalue weighted by Gasteiger charge is -2.09. The van der Waals surface area contributed by atoms with Crippen molar-refractivity contribution in [3.63, 3.8) is 0 Å². The van der Waals surface area contributed by atoms with Gasteiger partial charge in [0.05, 0.1) is 12.7 Å². The summed E-state index contributed by atoms with van der Waals surface area (Å²) in [4.78, 5) is 0. The number of rotatable bonds is 3. The topological polar surface area (TPSA) is 35.5 Å². The van der Waals surface area contributed by atoms with Crippen molar-refractivity contribution >= 4 is 28.6 Å². The largest absolute Gasteiger partial charge is 0.380 e. The first-order chi connectivity index (χ1) is 5.08. The van der Waals surface area contributed by atoms with Crippen LogP contribution in [0.4, 0.5) is 0 Å². The molecule has 1 rings (SSSR count). The number of hydrogen-bond acceptors (Lipinski definition) is 3. The Bertz CT molecular complexity index is 163. The Balaban J connectivity index is 2.16. The molecule has 0 aromatic heterocycles. The van der Waals surface area contributed by atoms with Gasteiger partial charge in [0.1, 0.15) is 0 Å². The van der Waals surface area contributed by atoms with Crippen LogP contribution in [0.25, 0.3) is 0 Å². The average Bonchev–Trinajstić information content (AvgIpc) is 2.32. The van der Waals surface area contributed by atoms with Gasteiger partial charge < -0.3 is 9.26 Å². The standard InChI is InChI=1S/C5H9Cl2O3P/c6-11(7,8)10-4-5-2-1-3-9-5/h5H,1-4H2/t5-/m0/s1. The lowest BCUT2D eigenvalue weighted by molar-refractivity contribution is 0.0712. The second-order valence-corrected chi connectivity index (χ2v) is 6.62. The predicted octanol–water partition coefficient (Wildman–Crippen LogP) is 2.77. The van der Waals surface area contributed by atoms with Crippen LogP contribution in [0.15, 0.2) is 0 Å². The second-order valence-electron chi connectivity index (χ2n) is 2.35. The van der Waals surface area contributed by atoms with Gasteiger partial charge in [-0.1, -0.05) is 0 Å². The van der Waals surface area contributed by atoms with Gasteiger partial charge in [-0.2, -0.15) is 0 Å². The molecule has 0 N–H and O–H groups in total. The van der Waals surface area contributed by atoms with E-state index in [1.165, 1.54) is 0 Å². The lowest BCUT2D eigenvalue weighted by atomic mass is 10.2. The van der Waals surface area contributed by atoms with Crippen molar-refractivity contribution in [1.82, 2.24) is 0 Å². The van der Waals surface area contributed by atoms with Crippen LogP contribution in [-0.4, -0.2) is 19.3 Å². The SMILES string of the molecule is O=P(Cl)(Cl)OC[C@@H]1CCCO1. The molecule has 3 nitrogen and oxygen atoms in total. The van der Waals surface area contributed by atoms with Crippen LogP contribution in [0.2, 0.25) is 0 Å². The van der Waals surface area contributed by atoms with Crippen LogP contribution in [-0.2, 0) is 13.8 Å². The van der Waals surface area contributed by atoms with Crippen molar-refractivity contribution in [2.75, 3.05) is 13.2 Å². The Morgan fingerprint density at radius 1 is 1.64 bits per heavy atom. The van der Waals surface area contributed by atoms with Gasteiger partial charge in [0.2, 0.25) is 0 Å². The summed E-state index contributed by atoms with van der Waals surface area (Å²) in [5, 5.41) is 0. The Hall–Kier alpha value is 0.730. The second kappa shape index (κ2) is 4.11. The van der Waals surface area contributed by atoms with Crippen LogP contribution < -0.4 is 0 Å². The summed E-state index contributed by atoms with van der Waals surface area (Å²) < 4.78 is 20.5. The molecule has 0 unspecified atom stereocenters. The molecule has 0 radical (unpaired) electrons. The van der Waals surface area contributed by atoms with Gasteiger partial charge in [0.15, 0.2) is 0 Å². The summed E-state index contributed by atoms with van der Waals surface area (Å²) in [5.74, 6) is 0. The van der Waals surface area contributed by atoms with Crippen molar-refractivity contribution in [2.24, 2.45) is 0 Å². The molecule has 66 valence electrons. The van der Waals surface area contributed by atoms with Crippen LogP contribution in [0.3, 0.4) is 0 Å². The molecular weight excluding hydrogens is 210 g/mol. The molecule has 0 saturated carbocycles. The lowest BCUT2D eigenvalue weighted by Crippen LogP contribution is -2.11. The molecule has 1 aliphatic rings. The fourth-order valence-electron chi connectivity index (χ4n) is 0.946. The molecule has 0 aromatic carbocycles. The molecule has 11 heavy (non-hydrogen) atoms. The fraction of sp³-hybridized carbons (Fsp3) is 1.00. The zero-order valence-corrected chi connectivity index (χ0v) is 8.24. The molecule has 0 aromatic rings. The van der Waals surface area contributed by atoms with E-state index in [0.717, 1.165) is 19.4 Å².